The third-order valence-corrected chi connectivity index (χ3v) is 4.79. The molecule has 2 aliphatic rings. The van der Waals surface area contributed by atoms with Crippen LogP contribution in [0, 0.1) is 17.8 Å². The molecule has 0 N–H and O–H groups in total. The van der Waals surface area contributed by atoms with Gasteiger partial charge in [0.05, 0.1) is 6.54 Å². The van der Waals surface area contributed by atoms with Crippen molar-refractivity contribution in [3.05, 3.63) is 0 Å². The van der Waals surface area contributed by atoms with Crippen LogP contribution >= 0.6 is 0 Å². The van der Waals surface area contributed by atoms with Crippen LogP contribution in [0.4, 0.5) is 0 Å². The van der Waals surface area contributed by atoms with Crippen LogP contribution in [0.3, 0.4) is 0 Å². The summed E-state index contributed by atoms with van der Waals surface area (Å²) in [6.45, 7) is 7.23. The van der Waals surface area contributed by atoms with Crippen LogP contribution in [0.25, 0.3) is 0 Å². The van der Waals surface area contributed by atoms with Gasteiger partial charge in [-0.3, -0.25) is 9.69 Å². The Labute approximate surface area is 117 Å². The van der Waals surface area contributed by atoms with E-state index in [9.17, 15) is 4.79 Å². The van der Waals surface area contributed by atoms with Crippen LogP contribution in [-0.4, -0.2) is 36.6 Å². The van der Waals surface area contributed by atoms with Gasteiger partial charge >= 0.3 is 5.97 Å². The molecule has 2 fully saturated rings. The molecule has 0 spiro atoms. The third-order valence-electron chi connectivity index (χ3n) is 4.79. The molecule has 0 aliphatic heterocycles. The van der Waals surface area contributed by atoms with E-state index in [1.165, 1.54) is 25.7 Å². The van der Waals surface area contributed by atoms with E-state index in [4.69, 9.17) is 4.74 Å². The molecule has 3 nitrogen and oxygen atoms in total. The molecule has 0 saturated heterocycles. The van der Waals surface area contributed by atoms with Crippen molar-refractivity contribution in [2.75, 3.05) is 13.6 Å². The Balaban J connectivity index is 1.84. The van der Waals surface area contributed by atoms with Crippen LogP contribution in [0.15, 0.2) is 0 Å². The Morgan fingerprint density at radius 1 is 1.26 bits per heavy atom. The minimum absolute atomic E-state index is 0.0286. The van der Waals surface area contributed by atoms with Gasteiger partial charge in [-0.05, 0) is 50.5 Å². The second-order valence-corrected chi connectivity index (χ2v) is 7.00. The Bertz CT molecular complexity index is 312. The van der Waals surface area contributed by atoms with Gasteiger partial charge in [0.1, 0.15) is 6.10 Å². The van der Waals surface area contributed by atoms with Crippen LogP contribution in [0.2, 0.25) is 0 Å². The molecule has 2 rings (SSSR count). The summed E-state index contributed by atoms with van der Waals surface area (Å²) in [7, 11) is 2.03. The molecule has 2 saturated carbocycles. The van der Waals surface area contributed by atoms with Crippen LogP contribution in [0.5, 0.6) is 0 Å². The summed E-state index contributed by atoms with van der Waals surface area (Å²) in [4.78, 5) is 14.2. The fourth-order valence-corrected chi connectivity index (χ4v) is 3.30. The zero-order valence-electron chi connectivity index (χ0n) is 12.9. The first kappa shape index (κ1) is 14.8. The molecule has 0 heterocycles. The Morgan fingerprint density at radius 2 is 1.95 bits per heavy atom. The lowest BCUT2D eigenvalue weighted by molar-refractivity contribution is -0.157. The largest absolute Gasteiger partial charge is 0.461 e. The molecule has 0 bridgehead atoms. The van der Waals surface area contributed by atoms with E-state index in [1.807, 2.05) is 7.05 Å². The van der Waals surface area contributed by atoms with Crippen molar-refractivity contribution in [3.8, 4) is 0 Å². The Hall–Kier alpha value is -0.570. The lowest BCUT2D eigenvalue weighted by Crippen LogP contribution is -2.38. The topological polar surface area (TPSA) is 29.5 Å². The number of carbonyl (C=O) groups is 1. The normalized spacial score (nSPS) is 31.8. The molecule has 0 amide bonds. The first-order valence-corrected chi connectivity index (χ1v) is 7.87. The first-order chi connectivity index (χ1) is 8.97. The summed E-state index contributed by atoms with van der Waals surface area (Å²) >= 11 is 0. The molecule has 0 aromatic heterocycles. The summed E-state index contributed by atoms with van der Waals surface area (Å²) in [5.41, 5.74) is 0. The quantitative estimate of drug-likeness (QED) is 0.717. The van der Waals surface area contributed by atoms with E-state index in [2.05, 4.69) is 25.7 Å². The van der Waals surface area contributed by atoms with E-state index in [1.54, 1.807) is 0 Å². The Kier molecular flexibility index (Phi) is 4.88. The molecule has 19 heavy (non-hydrogen) atoms. The van der Waals surface area contributed by atoms with Gasteiger partial charge in [-0.1, -0.05) is 27.2 Å². The Morgan fingerprint density at radius 3 is 2.53 bits per heavy atom. The third kappa shape index (κ3) is 4.20. The number of likely N-dealkylation sites (N-methyl/N-ethyl adjacent to an activating group) is 1. The van der Waals surface area contributed by atoms with Crippen molar-refractivity contribution in [2.24, 2.45) is 17.8 Å². The lowest BCUT2D eigenvalue weighted by atomic mass is 9.75. The molecular weight excluding hydrogens is 238 g/mol. The van der Waals surface area contributed by atoms with Gasteiger partial charge in [0.2, 0.25) is 0 Å². The summed E-state index contributed by atoms with van der Waals surface area (Å²) in [5.74, 6) is 1.81. The average Bonchev–Trinajstić information content (AvgIpc) is 3.11. The highest BCUT2D eigenvalue weighted by Crippen LogP contribution is 2.35. The number of esters is 1. The van der Waals surface area contributed by atoms with Crippen LogP contribution < -0.4 is 0 Å². The van der Waals surface area contributed by atoms with Crippen molar-refractivity contribution < 1.29 is 9.53 Å². The number of hydrogen-bond acceptors (Lipinski definition) is 3. The minimum Gasteiger partial charge on any atom is -0.461 e. The first-order valence-electron chi connectivity index (χ1n) is 7.87. The summed E-state index contributed by atoms with van der Waals surface area (Å²) in [6, 6.07) is 0.624. The second-order valence-electron chi connectivity index (χ2n) is 7.00. The smallest absolute Gasteiger partial charge is 0.320 e. The minimum atomic E-state index is -0.0286. The van der Waals surface area contributed by atoms with Crippen molar-refractivity contribution in [3.63, 3.8) is 0 Å². The van der Waals surface area contributed by atoms with Crippen molar-refractivity contribution in [2.45, 2.75) is 65.0 Å². The lowest BCUT2D eigenvalue weighted by Gasteiger charge is -2.37. The van der Waals surface area contributed by atoms with Gasteiger partial charge < -0.3 is 4.74 Å². The number of nitrogens with zero attached hydrogens (tertiary/aromatic N) is 1. The van der Waals surface area contributed by atoms with Crippen molar-refractivity contribution in [1.82, 2.24) is 4.90 Å². The van der Waals surface area contributed by atoms with E-state index in [-0.39, 0.29) is 12.1 Å². The van der Waals surface area contributed by atoms with E-state index >= 15 is 0 Å². The fraction of sp³-hybridized carbons (Fsp3) is 0.938. The zero-order chi connectivity index (χ0) is 14.0. The molecule has 2 aliphatic carbocycles. The number of ether oxygens (including phenoxy) is 1. The van der Waals surface area contributed by atoms with Gasteiger partial charge in [0.25, 0.3) is 0 Å². The fourth-order valence-electron chi connectivity index (χ4n) is 3.30. The van der Waals surface area contributed by atoms with Gasteiger partial charge in [0.15, 0.2) is 0 Å². The average molecular weight is 267 g/mol. The zero-order valence-corrected chi connectivity index (χ0v) is 12.9. The molecule has 0 unspecified atom stereocenters. The molecule has 0 aromatic carbocycles. The molecule has 110 valence electrons. The maximum Gasteiger partial charge on any atom is 0.320 e. The molecular formula is C16H29NO2. The SMILES string of the molecule is CC(C)[C@H]1CC[C@@H](C)C[C@@H]1OC(=O)CN(C)C1CC1. The number of carbonyl (C=O) groups excluding carboxylic acids is 1. The van der Waals surface area contributed by atoms with Crippen LogP contribution in [0.1, 0.15) is 52.9 Å². The van der Waals surface area contributed by atoms with E-state index in [0.717, 1.165) is 6.42 Å². The van der Waals surface area contributed by atoms with Crippen molar-refractivity contribution >= 4 is 5.97 Å². The van der Waals surface area contributed by atoms with Crippen molar-refractivity contribution in [1.29, 1.82) is 0 Å². The van der Waals surface area contributed by atoms with E-state index in [0.29, 0.717) is 30.3 Å². The van der Waals surface area contributed by atoms with Gasteiger partial charge in [-0.2, -0.15) is 0 Å². The molecule has 3 heteroatoms. The number of hydrogen-bond donors (Lipinski definition) is 0. The molecule has 0 aromatic rings. The highest BCUT2D eigenvalue weighted by molar-refractivity contribution is 5.72. The van der Waals surface area contributed by atoms with E-state index < -0.39 is 0 Å². The standard InChI is InChI=1S/C16H29NO2/c1-11(2)14-8-5-12(3)9-15(14)19-16(18)10-17(4)13-6-7-13/h11-15H,5-10H2,1-4H3/t12-,14-,15+/m1/s1. The predicted molar refractivity (Wildman–Crippen MR) is 76.9 cm³/mol. The summed E-state index contributed by atoms with van der Waals surface area (Å²) < 4.78 is 5.80. The second kappa shape index (κ2) is 6.25. The molecule has 0 radical (unpaired) electrons. The van der Waals surface area contributed by atoms with Gasteiger partial charge in [-0.25, -0.2) is 0 Å². The van der Waals surface area contributed by atoms with Crippen LogP contribution in [-0.2, 0) is 9.53 Å². The summed E-state index contributed by atoms with van der Waals surface area (Å²) in [6.07, 6.45) is 6.14. The maximum atomic E-state index is 12.1. The monoisotopic (exact) mass is 267 g/mol. The number of rotatable bonds is 5. The highest BCUT2D eigenvalue weighted by atomic mass is 16.5. The van der Waals surface area contributed by atoms with Gasteiger partial charge in [-0.15, -0.1) is 0 Å². The predicted octanol–water partition coefficient (Wildman–Crippen LogP) is 3.08. The molecule has 3 atom stereocenters. The van der Waals surface area contributed by atoms with Gasteiger partial charge in [0, 0.05) is 6.04 Å². The maximum absolute atomic E-state index is 12.1. The summed E-state index contributed by atoms with van der Waals surface area (Å²) in [5, 5.41) is 0. The highest BCUT2D eigenvalue weighted by Gasteiger charge is 2.34.